The number of hydrogen-bond donors (Lipinski definition) is 2. The number of methoxy groups -OCH3 is 1. The van der Waals surface area contributed by atoms with Gasteiger partial charge in [0.25, 0.3) is 0 Å². The number of aryl methyl sites for hydroxylation is 1. The number of rotatable bonds is 6. The van der Waals surface area contributed by atoms with E-state index in [1.54, 1.807) is 7.11 Å². The summed E-state index contributed by atoms with van der Waals surface area (Å²) in [6, 6.07) is 12.8. The van der Waals surface area contributed by atoms with E-state index in [9.17, 15) is 4.79 Å². The summed E-state index contributed by atoms with van der Waals surface area (Å²) in [5.74, 6) is 1.62. The zero-order valence-electron chi connectivity index (χ0n) is 13.7. The van der Waals surface area contributed by atoms with E-state index in [2.05, 4.69) is 10.6 Å². The highest BCUT2D eigenvalue weighted by atomic mass is 16.5. The third-order valence-corrected chi connectivity index (χ3v) is 3.34. The standard InChI is InChI=1S/C18H22N2O3/c1-4-23-16-8-6-15(7-9-16)20-18(21)19-12-14-5-10-17(22-3)13(2)11-14/h5-11H,4,12H2,1-3H3,(H2,19,20,21). The van der Waals surface area contributed by atoms with Crippen molar-refractivity contribution in [3.63, 3.8) is 0 Å². The molecule has 0 saturated carbocycles. The summed E-state index contributed by atoms with van der Waals surface area (Å²) < 4.78 is 10.6. The second-order valence-corrected chi connectivity index (χ2v) is 5.07. The second-order valence-electron chi connectivity index (χ2n) is 5.07. The number of nitrogens with one attached hydrogen (secondary N) is 2. The first kappa shape index (κ1) is 16.7. The normalized spacial score (nSPS) is 10.0. The molecule has 0 spiro atoms. The zero-order valence-corrected chi connectivity index (χ0v) is 13.7. The Balaban J connectivity index is 1.86. The molecule has 0 atom stereocenters. The van der Waals surface area contributed by atoms with Gasteiger partial charge in [-0.3, -0.25) is 0 Å². The molecule has 0 radical (unpaired) electrons. The van der Waals surface area contributed by atoms with E-state index in [0.717, 1.165) is 28.3 Å². The van der Waals surface area contributed by atoms with Gasteiger partial charge in [-0.15, -0.1) is 0 Å². The fourth-order valence-corrected chi connectivity index (χ4v) is 2.21. The van der Waals surface area contributed by atoms with Crippen molar-refractivity contribution in [2.75, 3.05) is 19.0 Å². The van der Waals surface area contributed by atoms with Crippen LogP contribution in [-0.2, 0) is 6.54 Å². The fraction of sp³-hybridized carbons (Fsp3) is 0.278. The summed E-state index contributed by atoms with van der Waals surface area (Å²) >= 11 is 0. The van der Waals surface area contributed by atoms with Gasteiger partial charge in [0.15, 0.2) is 0 Å². The molecule has 2 N–H and O–H groups in total. The van der Waals surface area contributed by atoms with Crippen molar-refractivity contribution in [2.45, 2.75) is 20.4 Å². The van der Waals surface area contributed by atoms with Crippen LogP contribution in [0.1, 0.15) is 18.1 Å². The van der Waals surface area contributed by atoms with Gasteiger partial charge in [0.05, 0.1) is 13.7 Å². The molecule has 5 nitrogen and oxygen atoms in total. The maximum absolute atomic E-state index is 11.9. The molecular formula is C18H22N2O3. The van der Waals surface area contributed by atoms with E-state index in [1.165, 1.54) is 0 Å². The largest absolute Gasteiger partial charge is 0.496 e. The van der Waals surface area contributed by atoms with Crippen molar-refractivity contribution in [3.8, 4) is 11.5 Å². The van der Waals surface area contributed by atoms with Gasteiger partial charge in [-0.2, -0.15) is 0 Å². The minimum atomic E-state index is -0.248. The maximum atomic E-state index is 11.9. The van der Waals surface area contributed by atoms with Crippen molar-refractivity contribution < 1.29 is 14.3 Å². The van der Waals surface area contributed by atoms with E-state index in [1.807, 2.05) is 56.3 Å². The topological polar surface area (TPSA) is 59.6 Å². The third-order valence-electron chi connectivity index (χ3n) is 3.34. The number of anilines is 1. The quantitative estimate of drug-likeness (QED) is 0.854. The number of urea groups is 1. The molecule has 0 aliphatic rings. The maximum Gasteiger partial charge on any atom is 0.319 e. The highest BCUT2D eigenvalue weighted by Crippen LogP contribution is 2.18. The Kier molecular flexibility index (Phi) is 5.86. The Labute approximate surface area is 136 Å². The van der Waals surface area contributed by atoms with Gasteiger partial charge in [0.1, 0.15) is 11.5 Å². The zero-order chi connectivity index (χ0) is 16.7. The molecule has 0 unspecified atom stereocenters. The van der Waals surface area contributed by atoms with Gasteiger partial charge >= 0.3 is 6.03 Å². The number of carbonyl (C=O) groups is 1. The monoisotopic (exact) mass is 314 g/mol. The predicted octanol–water partition coefficient (Wildman–Crippen LogP) is 3.72. The Morgan fingerprint density at radius 3 is 2.48 bits per heavy atom. The predicted molar refractivity (Wildman–Crippen MR) is 91.2 cm³/mol. The number of amides is 2. The molecule has 0 bridgehead atoms. The van der Waals surface area contributed by atoms with E-state index >= 15 is 0 Å². The SMILES string of the molecule is CCOc1ccc(NC(=O)NCc2ccc(OC)c(C)c2)cc1. The van der Waals surface area contributed by atoms with Crippen LogP contribution < -0.4 is 20.1 Å². The lowest BCUT2D eigenvalue weighted by molar-refractivity contribution is 0.251. The number of ether oxygens (including phenoxy) is 2. The molecule has 2 aromatic rings. The van der Waals surface area contributed by atoms with Crippen LogP contribution in [0.25, 0.3) is 0 Å². The van der Waals surface area contributed by atoms with Crippen molar-refractivity contribution in [2.24, 2.45) is 0 Å². The molecule has 2 amide bonds. The summed E-state index contributed by atoms with van der Waals surface area (Å²) in [4.78, 5) is 11.9. The number of benzene rings is 2. The molecule has 0 saturated heterocycles. The fourth-order valence-electron chi connectivity index (χ4n) is 2.21. The first-order valence-electron chi connectivity index (χ1n) is 7.53. The van der Waals surface area contributed by atoms with Gasteiger partial charge in [0.2, 0.25) is 0 Å². The average Bonchev–Trinajstić information content (AvgIpc) is 2.55. The van der Waals surface area contributed by atoms with E-state index in [4.69, 9.17) is 9.47 Å². The highest BCUT2D eigenvalue weighted by Gasteiger charge is 2.04. The first-order chi connectivity index (χ1) is 11.1. The van der Waals surface area contributed by atoms with Gasteiger partial charge < -0.3 is 20.1 Å². The molecule has 0 heterocycles. The Hall–Kier alpha value is -2.69. The molecular weight excluding hydrogens is 292 g/mol. The molecule has 0 fully saturated rings. The Bertz CT molecular complexity index is 654. The van der Waals surface area contributed by atoms with Crippen molar-refractivity contribution in [1.29, 1.82) is 0 Å². The van der Waals surface area contributed by atoms with E-state index < -0.39 is 0 Å². The van der Waals surface area contributed by atoms with Crippen LogP contribution >= 0.6 is 0 Å². The molecule has 0 aromatic heterocycles. The smallest absolute Gasteiger partial charge is 0.319 e. The molecule has 2 rings (SSSR count). The summed E-state index contributed by atoms with van der Waals surface area (Å²) in [7, 11) is 1.64. The van der Waals surface area contributed by atoms with Crippen LogP contribution in [0.15, 0.2) is 42.5 Å². The third kappa shape index (κ3) is 4.92. The van der Waals surface area contributed by atoms with Crippen LogP contribution in [0.5, 0.6) is 11.5 Å². The first-order valence-corrected chi connectivity index (χ1v) is 7.53. The summed E-state index contributed by atoms with van der Waals surface area (Å²) in [6.07, 6.45) is 0. The molecule has 0 aliphatic carbocycles. The number of carbonyl (C=O) groups excluding carboxylic acids is 1. The van der Waals surface area contributed by atoms with Crippen LogP contribution in [0.2, 0.25) is 0 Å². The van der Waals surface area contributed by atoms with Gasteiger partial charge in [-0.1, -0.05) is 12.1 Å². The van der Waals surface area contributed by atoms with Crippen LogP contribution in [0, 0.1) is 6.92 Å². The van der Waals surface area contributed by atoms with E-state index in [-0.39, 0.29) is 6.03 Å². The minimum absolute atomic E-state index is 0.248. The van der Waals surface area contributed by atoms with Crippen LogP contribution in [-0.4, -0.2) is 19.7 Å². The highest BCUT2D eigenvalue weighted by molar-refractivity contribution is 5.89. The second kappa shape index (κ2) is 8.08. The lowest BCUT2D eigenvalue weighted by Gasteiger charge is -2.10. The minimum Gasteiger partial charge on any atom is -0.496 e. The van der Waals surface area contributed by atoms with Crippen molar-refractivity contribution in [1.82, 2.24) is 5.32 Å². The van der Waals surface area contributed by atoms with Gasteiger partial charge in [0, 0.05) is 12.2 Å². The van der Waals surface area contributed by atoms with Crippen LogP contribution in [0.3, 0.4) is 0 Å². The lowest BCUT2D eigenvalue weighted by atomic mass is 10.1. The summed E-state index contributed by atoms with van der Waals surface area (Å²) in [5, 5.41) is 5.62. The Morgan fingerprint density at radius 2 is 1.87 bits per heavy atom. The van der Waals surface area contributed by atoms with Crippen LogP contribution in [0.4, 0.5) is 10.5 Å². The van der Waals surface area contributed by atoms with Crippen molar-refractivity contribution >= 4 is 11.7 Å². The average molecular weight is 314 g/mol. The van der Waals surface area contributed by atoms with E-state index in [0.29, 0.717) is 13.2 Å². The Morgan fingerprint density at radius 1 is 1.13 bits per heavy atom. The molecule has 122 valence electrons. The lowest BCUT2D eigenvalue weighted by Crippen LogP contribution is -2.28. The van der Waals surface area contributed by atoms with Gasteiger partial charge in [-0.25, -0.2) is 4.79 Å². The molecule has 0 aliphatic heterocycles. The molecule has 2 aromatic carbocycles. The number of hydrogen-bond acceptors (Lipinski definition) is 3. The summed E-state index contributed by atoms with van der Waals surface area (Å²) in [6.45, 7) is 4.98. The van der Waals surface area contributed by atoms with Crippen molar-refractivity contribution in [3.05, 3.63) is 53.6 Å². The summed E-state index contributed by atoms with van der Waals surface area (Å²) in [5.41, 5.74) is 2.78. The van der Waals surface area contributed by atoms with Gasteiger partial charge in [-0.05, 0) is 55.3 Å². The molecule has 5 heteroatoms. The molecule has 23 heavy (non-hydrogen) atoms.